The van der Waals surface area contributed by atoms with Gasteiger partial charge in [0, 0.05) is 23.9 Å². The molecule has 0 N–H and O–H groups in total. The van der Waals surface area contributed by atoms with Crippen molar-refractivity contribution in [2.45, 2.75) is 51.1 Å². The Labute approximate surface area is 143 Å². The van der Waals surface area contributed by atoms with Crippen molar-refractivity contribution in [3.05, 3.63) is 41.0 Å². The van der Waals surface area contributed by atoms with Gasteiger partial charge in [-0.2, -0.15) is 0 Å². The first kappa shape index (κ1) is 15.4. The quantitative estimate of drug-likeness (QED) is 0.830. The molecule has 1 heterocycles. The molecule has 24 heavy (non-hydrogen) atoms. The number of rotatable bonds is 5. The Kier molecular flexibility index (Phi) is 4.13. The highest BCUT2D eigenvalue weighted by Gasteiger charge is 2.39. The van der Waals surface area contributed by atoms with Crippen LogP contribution >= 0.6 is 0 Å². The summed E-state index contributed by atoms with van der Waals surface area (Å²) in [6.45, 7) is 3.48. The highest BCUT2D eigenvalue weighted by atomic mass is 16.5. The van der Waals surface area contributed by atoms with E-state index in [-0.39, 0.29) is 5.91 Å². The van der Waals surface area contributed by atoms with Crippen LogP contribution in [0.4, 0.5) is 0 Å². The fraction of sp³-hybridized carbons (Fsp3) is 0.500. The lowest BCUT2D eigenvalue weighted by molar-refractivity contribution is 0.0645. The molecule has 0 radical (unpaired) electrons. The van der Waals surface area contributed by atoms with Gasteiger partial charge in [-0.25, -0.2) is 0 Å². The number of amides is 1. The summed E-state index contributed by atoms with van der Waals surface area (Å²) < 4.78 is 5.48. The van der Waals surface area contributed by atoms with E-state index >= 15 is 0 Å². The standard InChI is InChI=1S/C20H24N2O2/c1-2-24-19-9-4-14(5-10-19)20(23)22(17-7-8-17)18-6-3-15-12-21-13-16(15)11-18/h4-5,9-10,13,17-18H,2-3,6-8,11-12H2,1H3. The van der Waals surface area contributed by atoms with E-state index in [9.17, 15) is 4.79 Å². The van der Waals surface area contributed by atoms with Crippen molar-refractivity contribution >= 4 is 12.1 Å². The largest absolute Gasteiger partial charge is 0.494 e. The molecule has 1 fully saturated rings. The minimum Gasteiger partial charge on any atom is -0.494 e. The minimum absolute atomic E-state index is 0.171. The summed E-state index contributed by atoms with van der Waals surface area (Å²) in [6, 6.07) is 8.33. The molecule has 2 aliphatic carbocycles. The Morgan fingerprint density at radius 2 is 2.00 bits per heavy atom. The molecule has 3 aliphatic rings. The first-order chi connectivity index (χ1) is 11.8. The van der Waals surface area contributed by atoms with Crippen molar-refractivity contribution < 1.29 is 9.53 Å². The fourth-order valence-corrected chi connectivity index (χ4v) is 3.82. The van der Waals surface area contributed by atoms with Crippen LogP contribution in [0.1, 0.15) is 49.4 Å². The molecule has 4 nitrogen and oxygen atoms in total. The summed E-state index contributed by atoms with van der Waals surface area (Å²) in [4.78, 5) is 19.7. The number of hydrogen-bond acceptors (Lipinski definition) is 3. The molecular weight excluding hydrogens is 300 g/mol. The molecular formula is C20H24N2O2. The van der Waals surface area contributed by atoms with Gasteiger partial charge in [0.2, 0.25) is 0 Å². The van der Waals surface area contributed by atoms with Gasteiger partial charge in [-0.15, -0.1) is 0 Å². The summed E-state index contributed by atoms with van der Waals surface area (Å²) >= 11 is 0. The maximum absolute atomic E-state index is 13.1. The van der Waals surface area contributed by atoms with Gasteiger partial charge in [-0.3, -0.25) is 9.79 Å². The molecule has 1 amide bonds. The summed E-state index contributed by atoms with van der Waals surface area (Å²) in [7, 11) is 0. The zero-order valence-electron chi connectivity index (χ0n) is 14.2. The van der Waals surface area contributed by atoms with Crippen molar-refractivity contribution in [3.63, 3.8) is 0 Å². The van der Waals surface area contributed by atoms with Crippen molar-refractivity contribution in [2.24, 2.45) is 4.99 Å². The van der Waals surface area contributed by atoms with Crippen LogP contribution in [0.25, 0.3) is 0 Å². The summed E-state index contributed by atoms with van der Waals surface area (Å²) in [5.41, 5.74) is 3.62. The second-order valence-corrected chi connectivity index (χ2v) is 6.90. The van der Waals surface area contributed by atoms with Crippen molar-refractivity contribution in [1.29, 1.82) is 0 Å². The van der Waals surface area contributed by atoms with E-state index in [1.165, 1.54) is 11.1 Å². The third-order valence-corrected chi connectivity index (χ3v) is 5.20. The molecule has 4 rings (SSSR count). The number of ether oxygens (including phenoxy) is 1. The van der Waals surface area contributed by atoms with Gasteiger partial charge in [-0.05, 0) is 74.4 Å². The lowest BCUT2D eigenvalue weighted by atomic mass is 9.88. The van der Waals surface area contributed by atoms with Crippen LogP contribution in [0.15, 0.2) is 40.4 Å². The van der Waals surface area contributed by atoms with E-state index in [4.69, 9.17) is 4.74 Å². The van der Waals surface area contributed by atoms with E-state index < -0.39 is 0 Å². The van der Waals surface area contributed by atoms with Gasteiger partial charge in [-0.1, -0.05) is 0 Å². The van der Waals surface area contributed by atoms with Crippen LogP contribution in [0.5, 0.6) is 5.75 Å². The second-order valence-electron chi connectivity index (χ2n) is 6.90. The number of benzene rings is 1. The Hall–Kier alpha value is -2.10. The van der Waals surface area contributed by atoms with Crippen LogP contribution in [0.3, 0.4) is 0 Å². The summed E-state index contributed by atoms with van der Waals surface area (Å²) in [5.74, 6) is 0.992. The monoisotopic (exact) mass is 324 g/mol. The maximum Gasteiger partial charge on any atom is 0.254 e. The lowest BCUT2D eigenvalue weighted by Crippen LogP contribution is -2.43. The number of hydrogen-bond donors (Lipinski definition) is 0. The molecule has 0 aromatic heterocycles. The number of carbonyl (C=O) groups is 1. The van der Waals surface area contributed by atoms with Gasteiger partial charge in [0.1, 0.15) is 5.75 Å². The molecule has 4 heteroatoms. The normalized spacial score (nSPS) is 22.5. The van der Waals surface area contributed by atoms with E-state index in [0.29, 0.717) is 18.7 Å². The van der Waals surface area contributed by atoms with Crippen LogP contribution in [0, 0.1) is 0 Å². The van der Waals surface area contributed by atoms with Gasteiger partial charge < -0.3 is 9.64 Å². The van der Waals surface area contributed by atoms with E-state index in [1.54, 1.807) is 0 Å². The first-order valence-corrected chi connectivity index (χ1v) is 9.02. The highest BCUT2D eigenvalue weighted by Crippen LogP contribution is 2.37. The Balaban J connectivity index is 1.52. The Morgan fingerprint density at radius 1 is 1.21 bits per heavy atom. The molecule has 1 aliphatic heterocycles. The zero-order valence-corrected chi connectivity index (χ0v) is 14.2. The van der Waals surface area contributed by atoms with E-state index in [2.05, 4.69) is 9.89 Å². The molecule has 1 saturated carbocycles. The highest BCUT2D eigenvalue weighted by molar-refractivity contribution is 5.95. The third-order valence-electron chi connectivity index (χ3n) is 5.20. The van der Waals surface area contributed by atoms with Gasteiger partial charge in [0.05, 0.1) is 13.2 Å². The lowest BCUT2D eigenvalue weighted by Gasteiger charge is -2.35. The minimum atomic E-state index is 0.171. The van der Waals surface area contributed by atoms with Crippen LogP contribution in [0.2, 0.25) is 0 Å². The SMILES string of the molecule is CCOc1ccc(C(=O)N(C2CC2)C2CCC3=C(C=NC3)C2)cc1. The van der Waals surface area contributed by atoms with Crippen molar-refractivity contribution in [3.8, 4) is 5.75 Å². The molecule has 0 saturated heterocycles. The molecule has 126 valence electrons. The predicted molar refractivity (Wildman–Crippen MR) is 94.8 cm³/mol. The molecule has 1 unspecified atom stereocenters. The van der Waals surface area contributed by atoms with Crippen molar-refractivity contribution in [1.82, 2.24) is 4.90 Å². The summed E-state index contributed by atoms with van der Waals surface area (Å²) in [5, 5.41) is 0. The molecule has 0 spiro atoms. The Morgan fingerprint density at radius 3 is 2.71 bits per heavy atom. The average Bonchev–Trinajstić information content (AvgIpc) is 3.32. The third kappa shape index (κ3) is 2.97. The fourth-order valence-electron chi connectivity index (χ4n) is 3.82. The smallest absolute Gasteiger partial charge is 0.254 e. The molecule has 0 bridgehead atoms. The predicted octanol–water partition coefficient (Wildman–Crippen LogP) is 3.62. The van der Waals surface area contributed by atoms with E-state index in [0.717, 1.165) is 50.0 Å². The van der Waals surface area contributed by atoms with Crippen LogP contribution < -0.4 is 4.74 Å². The molecule has 1 atom stereocenters. The number of carbonyl (C=O) groups excluding carboxylic acids is 1. The first-order valence-electron chi connectivity index (χ1n) is 9.02. The van der Waals surface area contributed by atoms with Gasteiger partial charge >= 0.3 is 0 Å². The van der Waals surface area contributed by atoms with E-state index in [1.807, 2.05) is 37.4 Å². The van der Waals surface area contributed by atoms with Crippen molar-refractivity contribution in [2.75, 3.05) is 13.2 Å². The van der Waals surface area contributed by atoms with Crippen LogP contribution in [-0.4, -0.2) is 42.3 Å². The van der Waals surface area contributed by atoms with Crippen LogP contribution in [-0.2, 0) is 0 Å². The molecule has 1 aromatic rings. The summed E-state index contributed by atoms with van der Waals surface area (Å²) in [6.07, 6.45) is 7.42. The average molecular weight is 324 g/mol. The topological polar surface area (TPSA) is 41.9 Å². The van der Waals surface area contributed by atoms with Gasteiger partial charge in [0.25, 0.3) is 5.91 Å². The number of nitrogens with zero attached hydrogens (tertiary/aromatic N) is 2. The Bertz CT molecular complexity index is 686. The second kappa shape index (κ2) is 6.42. The maximum atomic E-state index is 13.1. The van der Waals surface area contributed by atoms with Gasteiger partial charge in [0.15, 0.2) is 0 Å². The number of aliphatic imine (C=N–C) groups is 1. The zero-order chi connectivity index (χ0) is 16.5. The molecule has 1 aromatic carbocycles.